The number of fused-ring (bicyclic) bond motifs is 2. The van der Waals surface area contributed by atoms with E-state index in [9.17, 15) is 14.7 Å². The number of carbonyl (C=O) groups excluding carboxylic acids is 1. The highest BCUT2D eigenvalue weighted by Gasteiger charge is 2.35. The number of hydrogen-bond acceptors (Lipinski definition) is 5. The van der Waals surface area contributed by atoms with Crippen molar-refractivity contribution < 1.29 is 28.9 Å². The first-order chi connectivity index (χ1) is 28.5. The van der Waals surface area contributed by atoms with Crippen LogP contribution in [0.4, 0.5) is 0 Å². The largest absolute Gasteiger partial charge is 0.479 e. The van der Waals surface area contributed by atoms with Crippen LogP contribution in [0.1, 0.15) is 95.4 Å². The summed E-state index contributed by atoms with van der Waals surface area (Å²) in [6.45, 7) is 19.0. The van der Waals surface area contributed by atoms with Crippen molar-refractivity contribution in [3.05, 3.63) is 139 Å². The molecule has 0 aliphatic carbocycles. The number of benzene rings is 6. The van der Waals surface area contributed by atoms with Crippen molar-refractivity contribution in [3.8, 4) is 34.1 Å². The highest BCUT2D eigenvalue weighted by molar-refractivity contribution is 9.10. The summed E-state index contributed by atoms with van der Waals surface area (Å²) in [4.78, 5) is 27.3. The number of hydrogen-bond donors (Lipinski definition) is 1. The normalized spacial score (nSPS) is 13.1. The first-order valence-corrected chi connectivity index (χ1v) is 21.7. The van der Waals surface area contributed by atoms with E-state index in [1.54, 1.807) is 12.1 Å². The van der Waals surface area contributed by atoms with Crippen LogP contribution in [-0.2, 0) is 23.8 Å². The predicted octanol–water partition coefficient (Wildman–Crippen LogP) is 14.4. The molecular weight excluding hydrogens is 871 g/mol. The summed E-state index contributed by atoms with van der Waals surface area (Å²) >= 11 is 16.3. The average Bonchev–Trinajstić information content (AvgIpc) is 3.17. The second-order valence-electron chi connectivity index (χ2n) is 18.1. The zero-order valence-electron chi connectivity index (χ0n) is 36.2. The summed E-state index contributed by atoms with van der Waals surface area (Å²) in [6.07, 6.45) is -2.29. The molecule has 0 radical (unpaired) electrons. The van der Waals surface area contributed by atoms with E-state index in [4.69, 9.17) is 37.4 Å². The van der Waals surface area contributed by atoms with Crippen LogP contribution >= 0.6 is 39.1 Å². The Labute approximate surface area is 377 Å². The lowest BCUT2D eigenvalue weighted by Crippen LogP contribution is -2.31. The maximum atomic E-state index is 14.4. The Kier molecular flexibility index (Phi) is 13.5. The van der Waals surface area contributed by atoms with E-state index in [0.29, 0.717) is 21.2 Å². The van der Waals surface area contributed by atoms with Gasteiger partial charge in [0.05, 0.1) is 16.6 Å². The summed E-state index contributed by atoms with van der Waals surface area (Å²) in [5, 5.41) is 15.4. The van der Waals surface area contributed by atoms with Gasteiger partial charge in [0.2, 0.25) is 0 Å². The van der Waals surface area contributed by atoms with Crippen molar-refractivity contribution in [1.29, 1.82) is 0 Å². The fraction of sp³-hybridized carbons (Fsp3) is 0.308. The van der Waals surface area contributed by atoms with E-state index in [0.717, 1.165) is 65.0 Å². The van der Waals surface area contributed by atoms with Crippen LogP contribution in [-0.4, -0.2) is 34.9 Å². The molecule has 2 unspecified atom stereocenters. The van der Waals surface area contributed by atoms with Gasteiger partial charge in [0.15, 0.2) is 12.2 Å². The number of rotatable bonds is 10. The van der Waals surface area contributed by atoms with Gasteiger partial charge in [0.1, 0.15) is 6.61 Å². The summed E-state index contributed by atoms with van der Waals surface area (Å²) in [5.74, 6) is 5.07. The molecule has 6 nitrogen and oxygen atoms in total. The Morgan fingerprint density at radius 3 is 1.61 bits per heavy atom. The van der Waals surface area contributed by atoms with E-state index in [-0.39, 0.29) is 6.61 Å². The first kappa shape index (κ1) is 45.8. The van der Waals surface area contributed by atoms with Crippen LogP contribution in [0.15, 0.2) is 102 Å². The molecule has 61 heavy (non-hydrogen) atoms. The summed E-state index contributed by atoms with van der Waals surface area (Å²) < 4.78 is 19.9. The molecule has 0 spiro atoms. The minimum atomic E-state index is -1.23. The van der Waals surface area contributed by atoms with Gasteiger partial charge < -0.3 is 19.3 Å². The molecule has 0 bridgehead atoms. The maximum Gasteiger partial charge on any atom is 0.340 e. The van der Waals surface area contributed by atoms with Gasteiger partial charge in [0, 0.05) is 31.2 Å². The second-order valence-corrected chi connectivity index (χ2v) is 19.9. The van der Waals surface area contributed by atoms with Crippen LogP contribution in [0.3, 0.4) is 0 Å². The van der Waals surface area contributed by atoms with Crippen LogP contribution in [0, 0.1) is 31.1 Å². The van der Waals surface area contributed by atoms with Crippen molar-refractivity contribution in [2.75, 3.05) is 6.61 Å². The van der Waals surface area contributed by atoms with Gasteiger partial charge in [-0.25, -0.2) is 9.59 Å². The molecular formula is C52H51BrCl2O6. The average molecular weight is 923 g/mol. The molecule has 6 aromatic rings. The Bertz CT molecular complexity index is 2700. The number of aryl methyl sites for hydroxylation is 2. The molecule has 0 saturated heterocycles. The Hall–Kier alpha value is -4.68. The Morgan fingerprint density at radius 2 is 1.11 bits per heavy atom. The predicted molar refractivity (Wildman–Crippen MR) is 252 cm³/mol. The van der Waals surface area contributed by atoms with Crippen molar-refractivity contribution >= 4 is 72.6 Å². The maximum absolute atomic E-state index is 14.4. The molecule has 316 valence electrons. The molecule has 1 N–H and O–H groups in total. The zero-order valence-corrected chi connectivity index (χ0v) is 39.3. The summed E-state index contributed by atoms with van der Waals surface area (Å²) in [6, 6.07) is 31.0. The van der Waals surface area contributed by atoms with E-state index < -0.39 is 40.8 Å². The third-order valence-corrected chi connectivity index (χ3v) is 11.0. The minimum absolute atomic E-state index is 0.00528. The lowest BCUT2D eigenvalue weighted by Gasteiger charge is -2.30. The molecule has 0 aliphatic heterocycles. The smallest absolute Gasteiger partial charge is 0.340 e. The molecule has 0 saturated carbocycles. The fourth-order valence-electron chi connectivity index (χ4n) is 7.45. The lowest BCUT2D eigenvalue weighted by molar-refractivity contribution is -0.169. The summed E-state index contributed by atoms with van der Waals surface area (Å²) in [7, 11) is 0. The van der Waals surface area contributed by atoms with Crippen LogP contribution in [0.25, 0.3) is 43.8 Å². The van der Waals surface area contributed by atoms with Gasteiger partial charge in [0.25, 0.3) is 0 Å². The Morgan fingerprint density at radius 1 is 0.656 bits per heavy atom. The third-order valence-electron chi connectivity index (χ3n) is 10.0. The van der Waals surface area contributed by atoms with Gasteiger partial charge in [-0.05, 0) is 173 Å². The molecule has 6 rings (SSSR count). The topological polar surface area (TPSA) is 82.1 Å². The van der Waals surface area contributed by atoms with Crippen molar-refractivity contribution in [2.24, 2.45) is 5.41 Å². The van der Waals surface area contributed by atoms with Crippen LogP contribution in [0.5, 0.6) is 0 Å². The molecule has 0 amide bonds. The zero-order chi connectivity index (χ0) is 44.6. The highest BCUT2D eigenvalue weighted by Crippen LogP contribution is 2.43. The lowest BCUT2D eigenvalue weighted by atomic mass is 9.86. The SMILES string of the molecule is Cc1cc2ccc(C#CC(C)(C)COC(=O)C(OC(C)(C)C)c3c(C)cc4ccc(Br)cc4c3-c3ccc(Cl)cc3)cc2c(-c2ccc(Cl)cc2)c1C(OC(C)(C)C)C(=O)O. The minimum Gasteiger partial charge on any atom is -0.479 e. The quantitative estimate of drug-likeness (QED) is 0.109. The monoisotopic (exact) mass is 920 g/mol. The van der Waals surface area contributed by atoms with Gasteiger partial charge in [-0.1, -0.05) is 99.5 Å². The van der Waals surface area contributed by atoms with Crippen LogP contribution in [0.2, 0.25) is 10.0 Å². The molecule has 9 heteroatoms. The van der Waals surface area contributed by atoms with Crippen molar-refractivity contribution in [1.82, 2.24) is 0 Å². The van der Waals surface area contributed by atoms with Gasteiger partial charge >= 0.3 is 11.9 Å². The fourth-order valence-corrected chi connectivity index (χ4v) is 8.07. The van der Waals surface area contributed by atoms with Crippen molar-refractivity contribution in [2.45, 2.75) is 92.6 Å². The number of carbonyl (C=O) groups is 2. The molecule has 6 aromatic carbocycles. The van der Waals surface area contributed by atoms with E-state index in [1.165, 1.54) is 0 Å². The molecule has 2 atom stereocenters. The van der Waals surface area contributed by atoms with Gasteiger partial charge in [-0.3, -0.25) is 0 Å². The van der Waals surface area contributed by atoms with Gasteiger partial charge in [-0.15, -0.1) is 0 Å². The number of carboxylic acids is 1. The number of aliphatic carboxylic acids is 1. The number of carboxylic acid groups (broad SMARTS) is 1. The van der Waals surface area contributed by atoms with Crippen molar-refractivity contribution in [3.63, 3.8) is 0 Å². The van der Waals surface area contributed by atoms with E-state index in [2.05, 4.69) is 46.0 Å². The second kappa shape index (κ2) is 18.0. The Balaban J connectivity index is 1.38. The highest BCUT2D eigenvalue weighted by atomic mass is 79.9. The number of halogens is 3. The van der Waals surface area contributed by atoms with E-state index in [1.807, 2.05) is 136 Å². The molecule has 0 heterocycles. The van der Waals surface area contributed by atoms with Gasteiger partial charge in [-0.2, -0.15) is 0 Å². The summed E-state index contributed by atoms with van der Waals surface area (Å²) in [5.41, 5.74) is 4.77. The first-order valence-electron chi connectivity index (χ1n) is 20.1. The number of esters is 1. The molecule has 0 aliphatic rings. The van der Waals surface area contributed by atoms with Crippen LogP contribution < -0.4 is 0 Å². The molecule has 0 aromatic heterocycles. The molecule has 0 fully saturated rings. The standard InChI is InChI=1S/C52H51BrCl2O6/c1-30-25-35-12-11-32(27-40(35)44(33-14-19-38(54)20-15-33)42(30)46(48(56)57)60-50(3,4)5)23-24-52(9,10)29-59-49(58)47(61-51(6,7)8)43-31(2)26-36-13-18-37(53)28-41(36)45(43)34-16-21-39(55)22-17-34/h11-22,25-28,46-47H,29H2,1-10H3,(H,56,57). The van der Waals surface area contributed by atoms with E-state index >= 15 is 0 Å². The number of ether oxygens (including phenoxy) is 3. The third kappa shape index (κ3) is 11.0.